The Morgan fingerprint density at radius 3 is 2.53 bits per heavy atom. The summed E-state index contributed by atoms with van der Waals surface area (Å²) in [6.45, 7) is 7.78. The van der Waals surface area contributed by atoms with Crippen LogP contribution >= 0.6 is 0 Å². The third-order valence-electron chi connectivity index (χ3n) is 1.79. The lowest BCUT2D eigenvalue weighted by Crippen LogP contribution is -1.98. The van der Waals surface area contributed by atoms with Crippen LogP contribution in [0, 0.1) is 13.8 Å². The zero-order valence-electron chi connectivity index (χ0n) is 8.90. The Balaban J connectivity index is 2.65. The summed E-state index contributed by atoms with van der Waals surface area (Å²) in [5.41, 5.74) is 10.8. The van der Waals surface area contributed by atoms with Gasteiger partial charge >= 0.3 is 0 Å². The molecule has 0 saturated heterocycles. The van der Waals surface area contributed by atoms with Crippen molar-refractivity contribution < 1.29 is 4.74 Å². The van der Waals surface area contributed by atoms with Gasteiger partial charge in [-0.3, -0.25) is 0 Å². The fourth-order valence-corrected chi connectivity index (χ4v) is 1.27. The lowest BCUT2D eigenvalue weighted by Gasteiger charge is -2.07. The Bertz CT molecular complexity index is 400. The second kappa shape index (κ2) is 5.08. The van der Waals surface area contributed by atoms with Crippen molar-refractivity contribution in [1.82, 2.24) is 0 Å². The maximum atomic E-state index is 8.16. The van der Waals surface area contributed by atoms with Crippen molar-refractivity contribution >= 4 is 0 Å². The van der Waals surface area contributed by atoms with Gasteiger partial charge in [0.25, 0.3) is 0 Å². The largest absolute Gasteiger partial charge is 0.489 e. The predicted octanol–water partition coefficient (Wildman–Crippen LogP) is 3.51. The number of benzene rings is 1. The van der Waals surface area contributed by atoms with E-state index >= 15 is 0 Å². The summed E-state index contributed by atoms with van der Waals surface area (Å²) in [5, 5.41) is 3.35. The molecule has 0 aliphatic rings. The predicted molar refractivity (Wildman–Crippen MR) is 59.7 cm³/mol. The number of ether oxygens (including phenoxy) is 1. The molecule has 0 saturated carbocycles. The van der Waals surface area contributed by atoms with Gasteiger partial charge in [0, 0.05) is 10.6 Å². The maximum absolute atomic E-state index is 8.16. The fraction of sp³-hybridized carbons (Fsp3) is 0.273. The molecule has 0 aliphatic carbocycles. The van der Waals surface area contributed by atoms with Crippen molar-refractivity contribution in [2.75, 3.05) is 6.61 Å². The summed E-state index contributed by atoms with van der Waals surface area (Å²) in [6, 6.07) is 5.92. The van der Waals surface area contributed by atoms with Gasteiger partial charge < -0.3 is 4.74 Å². The molecule has 0 N–H and O–H groups in total. The van der Waals surface area contributed by atoms with Crippen LogP contribution < -0.4 is 4.74 Å². The number of hydrogen-bond donors (Lipinski definition) is 0. The van der Waals surface area contributed by atoms with Crippen molar-refractivity contribution in [3.8, 4) is 5.75 Å². The Morgan fingerprint density at radius 2 is 2.00 bits per heavy atom. The molecule has 0 heterocycles. The highest BCUT2D eigenvalue weighted by Gasteiger charge is 1.97. The molecule has 4 heteroatoms. The Kier molecular flexibility index (Phi) is 3.77. The molecular weight excluding hydrogens is 190 g/mol. The molecule has 0 aromatic heterocycles. The van der Waals surface area contributed by atoms with Crippen LogP contribution in [0.4, 0.5) is 0 Å². The quantitative estimate of drug-likeness (QED) is 0.419. The van der Waals surface area contributed by atoms with Gasteiger partial charge in [-0.15, -0.1) is 0 Å². The van der Waals surface area contributed by atoms with Gasteiger partial charge in [-0.05, 0) is 42.6 Å². The molecule has 0 amide bonds. The molecule has 0 radical (unpaired) electrons. The molecule has 1 aromatic rings. The molecule has 0 aliphatic heterocycles. The van der Waals surface area contributed by atoms with Crippen LogP contribution in [-0.2, 0) is 0 Å². The third-order valence-corrected chi connectivity index (χ3v) is 1.79. The minimum atomic E-state index is 0.215. The van der Waals surface area contributed by atoms with Gasteiger partial charge in [-0.1, -0.05) is 17.8 Å². The van der Waals surface area contributed by atoms with E-state index < -0.39 is 0 Å². The van der Waals surface area contributed by atoms with Crippen molar-refractivity contribution in [3.05, 3.63) is 52.0 Å². The number of azide groups is 1. The molecule has 0 spiro atoms. The van der Waals surface area contributed by atoms with E-state index in [1.165, 1.54) is 0 Å². The first kappa shape index (κ1) is 11.1. The van der Waals surface area contributed by atoms with Crippen LogP contribution in [0.15, 0.2) is 35.6 Å². The van der Waals surface area contributed by atoms with E-state index in [1.54, 1.807) is 0 Å². The molecule has 0 bridgehead atoms. The highest BCUT2D eigenvalue weighted by molar-refractivity contribution is 5.33. The first-order valence-corrected chi connectivity index (χ1v) is 4.56. The van der Waals surface area contributed by atoms with Crippen LogP contribution in [0.25, 0.3) is 10.4 Å². The van der Waals surface area contributed by atoms with Crippen molar-refractivity contribution in [1.29, 1.82) is 0 Å². The average Bonchev–Trinajstić information content (AvgIpc) is 2.14. The van der Waals surface area contributed by atoms with Crippen LogP contribution in [0.1, 0.15) is 11.1 Å². The summed E-state index contributed by atoms with van der Waals surface area (Å²) < 4.78 is 5.42. The van der Waals surface area contributed by atoms with Gasteiger partial charge in [-0.25, -0.2) is 0 Å². The van der Waals surface area contributed by atoms with E-state index in [4.69, 9.17) is 10.3 Å². The molecule has 15 heavy (non-hydrogen) atoms. The lowest BCUT2D eigenvalue weighted by molar-refractivity contribution is 0.350. The number of nitrogens with zero attached hydrogens (tertiary/aromatic N) is 3. The minimum Gasteiger partial charge on any atom is -0.489 e. The molecular formula is C11H13N3O. The average molecular weight is 203 g/mol. The smallest absolute Gasteiger partial charge is 0.120 e. The van der Waals surface area contributed by atoms with E-state index in [1.807, 2.05) is 26.0 Å². The maximum Gasteiger partial charge on any atom is 0.120 e. The van der Waals surface area contributed by atoms with Gasteiger partial charge in [0.2, 0.25) is 0 Å². The molecule has 0 fully saturated rings. The van der Waals surface area contributed by atoms with Gasteiger partial charge in [0.15, 0.2) is 0 Å². The summed E-state index contributed by atoms with van der Waals surface area (Å²) in [4.78, 5) is 2.63. The summed E-state index contributed by atoms with van der Waals surface area (Å²) in [7, 11) is 0. The van der Waals surface area contributed by atoms with Crippen LogP contribution in [0.5, 0.6) is 5.75 Å². The Morgan fingerprint density at radius 1 is 1.40 bits per heavy atom. The summed E-state index contributed by atoms with van der Waals surface area (Å²) in [5.74, 6) is 0.766. The fourth-order valence-electron chi connectivity index (χ4n) is 1.27. The highest BCUT2D eigenvalue weighted by Crippen LogP contribution is 2.16. The standard InChI is InChI=1S/C11H13N3O/c1-8-4-9(2)6-11(5-8)15-7-10(3)13-14-12/h4-6H,3,7H2,1-2H3. The normalized spacial score (nSPS) is 9.20. The van der Waals surface area contributed by atoms with Gasteiger partial charge in [0.1, 0.15) is 12.4 Å². The van der Waals surface area contributed by atoms with E-state index in [0.717, 1.165) is 16.9 Å². The van der Waals surface area contributed by atoms with Crippen molar-refractivity contribution in [2.45, 2.75) is 13.8 Å². The molecule has 0 atom stereocenters. The van der Waals surface area contributed by atoms with Gasteiger partial charge in [-0.2, -0.15) is 0 Å². The van der Waals surface area contributed by atoms with E-state index in [-0.39, 0.29) is 6.61 Å². The van der Waals surface area contributed by atoms with Gasteiger partial charge in [0.05, 0.1) is 0 Å². The molecule has 4 nitrogen and oxygen atoms in total. The van der Waals surface area contributed by atoms with E-state index in [9.17, 15) is 0 Å². The van der Waals surface area contributed by atoms with Crippen molar-refractivity contribution in [2.24, 2.45) is 5.11 Å². The molecule has 78 valence electrons. The SMILES string of the molecule is C=C(COc1cc(C)cc(C)c1)N=[N+]=[N-]. The zero-order valence-corrected chi connectivity index (χ0v) is 8.90. The minimum absolute atomic E-state index is 0.215. The summed E-state index contributed by atoms with van der Waals surface area (Å²) in [6.07, 6.45) is 0. The first-order valence-electron chi connectivity index (χ1n) is 4.56. The Labute approximate surface area is 88.8 Å². The van der Waals surface area contributed by atoms with E-state index in [2.05, 4.69) is 22.7 Å². The molecule has 0 unspecified atom stereocenters. The lowest BCUT2D eigenvalue weighted by atomic mass is 10.1. The second-order valence-electron chi connectivity index (χ2n) is 3.37. The molecule has 1 aromatic carbocycles. The highest BCUT2D eigenvalue weighted by atomic mass is 16.5. The first-order chi connectivity index (χ1) is 7.11. The van der Waals surface area contributed by atoms with E-state index in [0.29, 0.717) is 5.70 Å². The monoisotopic (exact) mass is 203 g/mol. The third kappa shape index (κ3) is 3.75. The van der Waals surface area contributed by atoms with Crippen molar-refractivity contribution in [3.63, 3.8) is 0 Å². The topological polar surface area (TPSA) is 58.0 Å². The Hall–Kier alpha value is -1.93. The number of hydrogen-bond acceptors (Lipinski definition) is 2. The number of rotatable bonds is 4. The second-order valence-corrected chi connectivity index (χ2v) is 3.37. The van der Waals surface area contributed by atoms with Crippen LogP contribution in [-0.4, -0.2) is 6.61 Å². The zero-order chi connectivity index (χ0) is 11.3. The number of aryl methyl sites for hydroxylation is 2. The summed E-state index contributed by atoms with van der Waals surface area (Å²) >= 11 is 0. The van der Waals surface area contributed by atoms with Crippen LogP contribution in [0.2, 0.25) is 0 Å². The molecule has 1 rings (SSSR count). The van der Waals surface area contributed by atoms with Crippen LogP contribution in [0.3, 0.4) is 0 Å².